The number of hydrogen-bond acceptors (Lipinski definition) is 3. The Labute approximate surface area is 132 Å². The van der Waals surface area contributed by atoms with Crippen LogP contribution in [0.5, 0.6) is 0 Å². The second kappa shape index (κ2) is 7.11. The Kier molecular flexibility index (Phi) is 4.95. The molecule has 0 spiro atoms. The molecule has 0 radical (unpaired) electrons. The summed E-state index contributed by atoms with van der Waals surface area (Å²) in [5.41, 5.74) is 1.99. The Balaban J connectivity index is 1.43. The first-order chi connectivity index (χ1) is 10.7. The van der Waals surface area contributed by atoms with Gasteiger partial charge in [0, 0.05) is 37.5 Å². The van der Waals surface area contributed by atoms with Crippen molar-refractivity contribution in [2.24, 2.45) is 0 Å². The summed E-state index contributed by atoms with van der Waals surface area (Å²) in [5, 5.41) is 6.00. The van der Waals surface area contributed by atoms with E-state index in [9.17, 15) is 4.79 Å². The van der Waals surface area contributed by atoms with Gasteiger partial charge in [-0.2, -0.15) is 0 Å². The molecule has 0 saturated carbocycles. The number of carbonyl (C=O) groups excluding carboxylic acids is 1. The number of piperidine rings is 1. The molecule has 2 fully saturated rings. The number of likely N-dealkylation sites (tertiary alicyclic amines) is 1. The van der Waals surface area contributed by atoms with E-state index in [-0.39, 0.29) is 12.1 Å². The summed E-state index contributed by atoms with van der Waals surface area (Å²) < 4.78 is 5.46. The van der Waals surface area contributed by atoms with Crippen molar-refractivity contribution >= 4 is 11.7 Å². The Bertz CT molecular complexity index is 506. The minimum absolute atomic E-state index is 0.103. The lowest BCUT2D eigenvalue weighted by Crippen LogP contribution is -2.49. The molecule has 2 N–H and O–H groups in total. The molecule has 0 aliphatic carbocycles. The van der Waals surface area contributed by atoms with E-state index in [1.807, 2.05) is 31.2 Å². The molecule has 120 valence electrons. The molecule has 2 aliphatic heterocycles. The predicted molar refractivity (Wildman–Crippen MR) is 87.2 cm³/mol. The van der Waals surface area contributed by atoms with Crippen LogP contribution in [-0.2, 0) is 4.74 Å². The van der Waals surface area contributed by atoms with E-state index in [0.29, 0.717) is 6.04 Å². The summed E-state index contributed by atoms with van der Waals surface area (Å²) in [6.45, 7) is 5.87. The number of ether oxygens (including phenoxy) is 1. The van der Waals surface area contributed by atoms with Gasteiger partial charge in [0.25, 0.3) is 0 Å². The number of amides is 2. The summed E-state index contributed by atoms with van der Waals surface area (Å²) in [6.07, 6.45) is 3.17. The maximum absolute atomic E-state index is 12.1. The average Bonchev–Trinajstić information content (AvgIpc) is 3.02. The van der Waals surface area contributed by atoms with Crippen LogP contribution in [0.4, 0.5) is 10.5 Å². The largest absolute Gasteiger partial charge is 0.380 e. The molecule has 3 rings (SSSR count). The van der Waals surface area contributed by atoms with Crippen LogP contribution in [0.2, 0.25) is 0 Å². The number of carbonyl (C=O) groups is 1. The van der Waals surface area contributed by atoms with Crippen LogP contribution in [-0.4, -0.2) is 49.3 Å². The molecule has 22 heavy (non-hydrogen) atoms. The Morgan fingerprint density at radius 2 is 2.09 bits per heavy atom. The predicted octanol–water partition coefficient (Wildman–Crippen LogP) is 2.37. The molecule has 5 nitrogen and oxygen atoms in total. The van der Waals surface area contributed by atoms with Gasteiger partial charge in [0.05, 0.1) is 6.61 Å². The second-order valence-electron chi connectivity index (χ2n) is 6.30. The number of hydrogen-bond donors (Lipinski definition) is 2. The fraction of sp³-hybridized carbons (Fsp3) is 0.588. The van der Waals surface area contributed by atoms with Crippen molar-refractivity contribution in [3.05, 3.63) is 29.8 Å². The zero-order valence-electron chi connectivity index (χ0n) is 13.2. The van der Waals surface area contributed by atoms with Crippen molar-refractivity contribution in [2.45, 2.75) is 38.3 Å². The third kappa shape index (κ3) is 3.99. The Hall–Kier alpha value is -1.59. The lowest BCUT2D eigenvalue weighted by molar-refractivity contribution is 0.118. The van der Waals surface area contributed by atoms with E-state index in [0.717, 1.165) is 56.8 Å². The quantitative estimate of drug-likeness (QED) is 0.901. The summed E-state index contributed by atoms with van der Waals surface area (Å²) in [4.78, 5) is 14.6. The van der Waals surface area contributed by atoms with Gasteiger partial charge in [-0.3, -0.25) is 4.90 Å². The third-order valence-corrected chi connectivity index (χ3v) is 4.56. The summed E-state index contributed by atoms with van der Waals surface area (Å²) in [6, 6.07) is 8.61. The van der Waals surface area contributed by atoms with E-state index in [1.165, 1.54) is 0 Å². The van der Waals surface area contributed by atoms with Crippen LogP contribution in [0.15, 0.2) is 24.3 Å². The van der Waals surface area contributed by atoms with Crippen molar-refractivity contribution in [1.29, 1.82) is 0 Å². The minimum atomic E-state index is -0.103. The van der Waals surface area contributed by atoms with Gasteiger partial charge < -0.3 is 15.4 Å². The monoisotopic (exact) mass is 303 g/mol. The highest BCUT2D eigenvalue weighted by molar-refractivity contribution is 5.89. The first-order valence-corrected chi connectivity index (χ1v) is 8.17. The number of urea groups is 1. The smallest absolute Gasteiger partial charge is 0.319 e. The SMILES string of the molecule is Cc1cccc(NC(=O)NC2CCN([C@@H]3CCOC3)CC2)c1. The van der Waals surface area contributed by atoms with Crippen molar-refractivity contribution in [2.75, 3.05) is 31.6 Å². The fourth-order valence-electron chi connectivity index (χ4n) is 3.29. The molecule has 2 saturated heterocycles. The van der Waals surface area contributed by atoms with Crippen LogP contribution in [0, 0.1) is 6.92 Å². The molecule has 5 heteroatoms. The molecule has 1 aromatic carbocycles. The molecule has 1 atom stereocenters. The summed E-state index contributed by atoms with van der Waals surface area (Å²) in [7, 11) is 0. The molecule has 0 aromatic heterocycles. The van der Waals surface area contributed by atoms with Crippen LogP contribution in [0.1, 0.15) is 24.8 Å². The highest BCUT2D eigenvalue weighted by Crippen LogP contribution is 2.19. The van der Waals surface area contributed by atoms with E-state index in [4.69, 9.17) is 4.74 Å². The zero-order valence-corrected chi connectivity index (χ0v) is 13.2. The molecule has 0 bridgehead atoms. The average molecular weight is 303 g/mol. The minimum Gasteiger partial charge on any atom is -0.380 e. The molecule has 2 amide bonds. The molecule has 2 aliphatic rings. The summed E-state index contributed by atoms with van der Waals surface area (Å²) >= 11 is 0. The lowest BCUT2D eigenvalue weighted by Gasteiger charge is -2.35. The van der Waals surface area contributed by atoms with Crippen molar-refractivity contribution < 1.29 is 9.53 Å². The highest BCUT2D eigenvalue weighted by Gasteiger charge is 2.28. The van der Waals surface area contributed by atoms with Gasteiger partial charge >= 0.3 is 6.03 Å². The van der Waals surface area contributed by atoms with Crippen LogP contribution in [0.3, 0.4) is 0 Å². The van der Waals surface area contributed by atoms with Crippen molar-refractivity contribution in [3.8, 4) is 0 Å². The third-order valence-electron chi connectivity index (χ3n) is 4.56. The van der Waals surface area contributed by atoms with Gasteiger partial charge in [0.2, 0.25) is 0 Å². The molecular formula is C17H25N3O2. The van der Waals surface area contributed by atoms with Gasteiger partial charge in [0.1, 0.15) is 0 Å². The molecular weight excluding hydrogens is 278 g/mol. The van der Waals surface area contributed by atoms with E-state index in [1.54, 1.807) is 0 Å². The topological polar surface area (TPSA) is 53.6 Å². The van der Waals surface area contributed by atoms with Crippen LogP contribution in [0.25, 0.3) is 0 Å². The number of aryl methyl sites for hydroxylation is 1. The zero-order chi connectivity index (χ0) is 15.4. The number of nitrogens with one attached hydrogen (secondary N) is 2. The van der Waals surface area contributed by atoms with Gasteiger partial charge in [-0.05, 0) is 43.9 Å². The van der Waals surface area contributed by atoms with Crippen molar-refractivity contribution in [1.82, 2.24) is 10.2 Å². The fourth-order valence-corrected chi connectivity index (χ4v) is 3.29. The Morgan fingerprint density at radius 3 is 2.77 bits per heavy atom. The van der Waals surface area contributed by atoms with Gasteiger partial charge in [-0.25, -0.2) is 4.79 Å². The van der Waals surface area contributed by atoms with Gasteiger partial charge in [-0.15, -0.1) is 0 Å². The van der Waals surface area contributed by atoms with Crippen LogP contribution < -0.4 is 10.6 Å². The van der Waals surface area contributed by atoms with E-state index in [2.05, 4.69) is 15.5 Å². The van der Waals surface area contributed by atoms with Crippen molar-refractivity contribution in [3.63, 3.8) is 0 Å². The maximum atomic E-state index is 12.1. The first kappa shape index (κ1) is 15.3. The number of anilines is 1. The lowest BCUT2D eigenvalue weighted by atomic mass is 10.0. The molecule has 1 aromatic rings. The number of benzene rings is 1. The number of nitrogens with zero attached hydrogens (tertiary/aromatic N) is 1. The highest BCUT2D eigenvalue weighted by atomic mass is 16.5. The van der Waals surface area contributed by atoms with Gasteiger partial charge in [0.15, 0.2) is 0 Å². The van der Waals surface area contributed by atoms with Gasteiger partial charge in [-0.1, -0.05) is 12.1 Å². The standard InChI is InChI=1S/C17H25N3O2/c1-13-3-2-4-15(11-13)19-17(21)18-14-5-8-20(9-6-14)16-7-10-22-12-16/h2-4,11,14,16H,5-10,12H2,1H3,(H2,18,19,21)/t16-/m1/s1. The second-order valence-corrected chi connectivity index (χ2v) is 6.30. The molecule has 0 unspecified atom stereocenters. The Morgan fingerprint density at radius 1 is 1.27 bits per heavy atom. The normalized spacial score (nSPS) is 23.4. The van der Waals surface area contributed by atoms with Crippen LogP contribution >= 0.6 is 0 Å². The first-order valence-electron chi connectivity index (χ1n) is 8.17. The van der Waals surface area contributed by atoms with E-state index >= 15 is 0 Å². The maximum Gasteiger partial charge on any atom is 0.319 e. The molecule has 2 heterocycles. The number of rotatable bonds is 3. The van der Waals surface area contributed by atoms with E-state index < -0.39 is 0 Å². The summed E-state index contributed by atoms with van der Waals surface area (Å²) in [5.74, 6) is 0.